The number of alkyl halides is 3. The summed E-state index contributed by atoms with van der Waals surface area (Å²) in [5.41, 5.74) is -1.41. The number of thiazole rings is 1. The summed E-state index contributed by atoms with van der Waals surface area (Å²) in [5.74, 6) is 0.546. The lowest BCUT2D eigenvalue weighted by molar-refractivity contribution is -0.140. The summed E-state index contributed by atoms with van der Waals surface area (Å²) in [6, 6.07) is 0.232. The molecular weight excluding hydrogens is 546 g/mol. The molecule has 1 aromatic heterocycles. The topological polar surface area (TPSA) is 87.6 Å². The molecule has 0 spiro atoms. The third kappa shape index (κ3) is 10.2. The highest BCUT2D eigenvalue weighted by Gasteiger charge is 2.33. The third-order valence-electron chi connectivity index (χ3n) is 4.35. The van der Waals surface area contributed by atoms with Gasteiger partial charge in [0.15, 0.2) is 11.7 Å². The highest BCUT2D eigenvalue weighted by Crippen LogP contribution is 2.30. The number of ether oxygens (including phenoxy) is 1. The van der Waals surface area contributed by atoms with Crippen LogP contribution in [0.2, 0.25) is 0 Å². The minimum absolute atomic E-state index is 0. The summed E-state index contributed by atoms with van der Waals surface area (Å²) in [4.78, 5) is 19.9. The standard InChI is InChI=1S/C19H30F3N5O2S.HI/c1-5-23-16(24-10-15-27-14(11-30-15)19(20,21)22)25-12-6-8-13(9-7-12)26-17(28)29-18(2,3)4;/h11-13H,5-10H2,1-4H3,(H,26,28)(H2,23,24,25);1H. The molecule has 1 aromatic rings. The summed E-state index contributed by atoms with van der Waals surface area (Å²) in [6.45, 7) is 8.10. The van der Waals surface area contributed by atoms with Crippen LogP contribution >= 0.6 is 35.3 Å². The first-order chi connectivity index (χ1) is 14.0. The Hall–Kier alpha value is -1.31. The first-order valence-electron chi connectivity index (χ1n) is 10.0. The zero-order valence-electron chi connectivity index (χ0n) is 18.1. The average molecular weight is 577 g/mol. The van der Waals surface area contributed by atoms with Crippen molar-refractivity contribution in [1.29, 1.82) is 0 Å². The van der Waals surface area contributed by atoms with Crippen molar-refractivity contribution in [2.75, 3.05) is 6.54 Å². The van der Waals surface area contributed by atoms with E-state index < -0.39 is 23.6 Å². The SMILES string of the molecule is CCNC(=NCc1nc(C(F)(F)F)cs1)NC1CCC(NC(=O)OC(C)(C)C)CC1.I. The van der Waals surface area contributed by atoms with Gasteiger partial charge in [0.05, 0.1) is 6.54 Å². The quantitative estimate of drug-likeness (QED) is 0.269. The van der Waals surface area contributed by atoms with Gasteiger partial charge in [0.1, 0.15) is 10.6 Å². The number of nitrogens with zero attached hydrogens (tertiary/aromatic N) is 2. The van der Waals surface area contributed by atoms with Gasteiger partial charge in [-0.3, -0.25) is 0 Å². The summed E-state index contributed by atoms with van der Waals surface area (Å²) < 4.78 is 43.3. The van der Waals surface area contributed by atoms with Crippen molar-refractivity contribution < 1.29 is 22.7 Å². The van der Waals surface area contributed by atoms with E-state index in [0.29, 0.717) is 17.5 Å². The second-order valence-corrected chi connectivity index (χ2v) is 9.10. The first kappa shape index (κ1) is 27.7. The van der Waals surface area contributed by atoms with Crippen molar-refractivity contribution >= 4 is 47.4 Å². The number of aliphatic imine (C=N–C) groups is 1. The van der Waals surface area contributed by atoms with Gasteiger partial charge in [0, 0.05) is 24.0 Å². The van der Waals surface area contributed by atoms with Crippen molar-refractivity contribution in [2.24, 2.45) is 4.99 Å². The molecule has 0 unspecified atom stereocenters. The molecule has 1 heterocycles. The van der Waals surface area contributed by atoms with E-state index in [4.69, 9.17) is 4.74 Å². The molecular formula is C19H31F3IN5O2S. The van der Waals surface area contributed by atoms with E-state index in [1.54, 1.807) is 0 Å². The van der Waals surface area contributed by atoms with Gasteiger partial charge in [-0.2, -0.15) is 13.2 Å². The number of alkyl carbamates (subject to hydrolysis) is 1. The molecule has 3 N–H and O–H groups in total. The van der Waals surface area contributed by atoms with E-state index in [1.807, 2.05) is 27.7 Å². The van der Waals surface area contributed by atoms with Crippen molar-refractivity contribution in [1.82, 2.24) is 20.9 Å². The molecule has 0 radical (unpaired) electrons. The predicted molar refractivity (Wildman–Crippen MR) is 126 cm³/mol. The van der Waals surface area contributed by atoms with E-state index in [2.05, 4.69) is 25.9 Å². The molecule has 178 valence electrons. The number of halogens is 4. The van der Waals surface area contributed by atoms with Crippen LogP contribution in [0.5, 0.6) is 0 Å². The van der Waals surface area contributed by atoms with Gasteiger partial charge in [0.2, 0.25) is 0 Å². The van der Waals surface area contributed by atoms with Gasteiger partial charge >= 0.3 is 12.3 Å². The van der Waals surface area contributed by atoms with Gasteiger partial charge in [-0.25, -0.2) is 14.8 Å². The molecule has 0 aliphatic heterocycles. The fourth-order valence-corrected chi connectivity index (χ4v) is 3.75. The number of rotatable bonds is 5. The largest absolute Gasteiger partial charge is 0.444 e. The molecule has 1 saturated carbocycles. The van der Waals surface area contributed by atoms with Crippen LogP contribution in [0.4, 0.5) is 18.0 Å². The maximum Gasteiger partial charge on any atom is 0.434 e. The first-order valence-corrected chi connectivity index (χ1v) is 10.9. The molecule has 1 aliphatic rings. The van der Waals surface area contributed by atoms with Gasteiger partial charge in [-0.15, -0.1) is 35.3 Å². The predicted octanol–water partition coefficient (Wildman–Crippen LogP) is 4.67. The van der Waals surface area contributed by atoms with Crippen LogP contribution in [0.3, 0.4) is 0 Å². The molecule has 12 heteroatoms. The molecule has 0 bridgehead atoms. The molecule has 1 fully saturated rings. The summed E-state index contributed by atoms with van der Waals surface area (Å²) >= 11 is 0.946. The Morgan fingerprint density at radius 2 is 1.77 bits per heavy atom. The fraction of sp³-hybridized carbons (Fsp3) is 0.737. The van der Waals surface area contributed by atoms with Gasteiger partial charge in [0.25, 0.3) is 0 Å². The minimum Gasteiger partial charge on any atom is -0.444 e. The highest BCUT2D eigenvalue weighted by atomic mass is 127. The van der Waals surface area contributed by atoms with E-state index >= 15 is 0 Å². The van der Waals surface area contributed by atoms with Crippen LogP contribution < -0.4 is 16.0 Å². The van der Waals surface area contributed by atoms with Crippen molar-refractivity contribution in [3.8, 4) is 0 Å². The molecule has 7 nitrogen and oxygen atoms in total. The van der Waals surface area contributed by atoms with Crippen LogP contribution in [0.25, 0.3) is 0 Å². The zero-order valence-corrected chi connectivity index (χ0v) is 21.3. The third-order valence-corrected chi connectivity index (χ3v) is 5.18. The highest BCUT2D eigenvalue weighted by molar-refractivity contribution is 14.0. The van der Waals surface area contributed by atoms with E-state index in [-0.39, 0.29) is 42.6 Å². The Kier molecular flexibility index (Phi) is 10.8. The number of hydrogen-bond donors (Lipinski definition) is 3. The molecule has 2 rings (SSSR count). The van der Waals surface area contributed by atoms with Crippen LogP contribution in [0, 0.1) is 0 Å². The maximum atomic E-state index is 12.7. The molecule has 31 heavy (non-hydrogen) atoms. The average Bonchev–Trinajstić information content (AvgIpc) is 3.09. The molecule has 0 atom stereocenters. The Morgan fingerprint density at radius 1 is 1.19 bits per heavy atom. The number of nitrogens with one attached hydrogen (secondary N) is 3. The molecule has 0 saturated heterocycles. The number of aromatic nitrogens is 1. The van der Waals surface area contributed by atoms with Gasteiger partial charge in [-0.05, 0) is 53.4 Å². The van der Waals surface area contributed by atoms with Crippen molar-refractivity contribution in [3.63, 3.8) is 0 Å². The number of hydrogen-bond acceptors (Lipinski definition) is 5. The number of carbonyl (C=O) groups is 1. The second-order valence-electron chi connectivity index (χ2n) is 8.16. The van der Waals surface area contributed by atoms with E-state index in [9.17, 15) is 18.0 Å². The maximum absolute atomic E-state index is 12.7. The zero-order chi connectivity index (χ0) is 22.4. The minimum atomic E-state index is -4.44. The monoisotopic (exact) mass is 577 g/mol. The van der Waals surface area contributed by atoms with E-state index in [1.165, 1.54) is 0 Å². The Morgan fingerprint density at radius 3 is 2.26 bits per heavy atom. The van der Waals surface area contributed by atoms with Crippen LogP contribution in [-0.4, -0.2) is 41.3 Å². The van der Waals surface area contributed by atoms with E-state index in [0.717, 1.165) is 42.4 Å². The molecule has 1 aliphatic carbocycles. The summed E-state index contributed by atoms with van der Waals surface area (Å²) in [5, 5.41) is 10.7. The van der Waals surface area contributed by atoms with Crippen molar-refractivity contribution in [2.45, 2.75) is 83.8 Å². The molecule has 1 amide bonds. The van der Waals surface area contributed by atoms with Gasteiger partial charge < -0.3 is 20.7 Å². The Balaban J connectivity index is 0.00000480. The molecule has 0 aromatic carbocycles. The number of amides is 1. The van der Waals surface area contributed by atoms with Crippen LogP contribution in [-0.2, 0) is 17.5 Å². The van der Waals surface area contributed by atoms with Crippen molar-refractivity contribution in [3.05, 3.63) is 16.1 Å². The normalized spacial score (nSPS) is 19.9. The van der Waals surface area contributed by atoms with Crippen LogP contribution in [0.1, 0.15) is 64.1 Å². The Bertz CT molecular complexity index is 729. The fourth-order valence-electron chi connectivity index (χ4n) is 3.03. The van der Waals surface area contributed by atoms with Crippen LogP contribution in [0.15, 0.2) is 10.4 Å². The summed E-state index contributed by atoms with van der Waals surface area (Å²) in [6.07, 6.45) is -1.57. The lowest BCUT2D eigenvalue weighted by Gasteiger charge is -2.31. The second kappa shape index (κ2) is 12.1. The lowest BCUT2D eigenvalue weighted by Crippen LogP contribution is -2.48. The summed E-state index contributed by atoms with van der Waals surface area (Å²) in [7, 11) is 0. The smallest absolute Gasteiger partial charge is 0.434 e. The lowest BCUT2D eigenvalue weighted by atomic mass is 9.91. The van der Waals surface area contributed by atoms with Gasteiger partial charge in [-0.1, -0.05) is 0 Å². The Labute approximate surface area is 202 Å². The number of guanidine groups is 1. The number of carbonyl (C=O) groups excluding carboxylic acids is 1.